The summed E-state index contributed by atoms with van der Waals surface area (Å²) in [4.78, 5) is 20.3. The molecule has 0 aliphatic rings. The van der Waals surface area contributed by atoms with Crippen LogP contribution < -0.4 is 0 Å². The van der Waals surface area contributed by atoms with Crippen molar-refractivity contribution in [1.82, 2.24) is 0 Å². The minimum absolute atomic E-state index is 0.493. The van der Waals surface area contributed by atoms with Crippen LogP contribution in [0, 0.1) is 0 Å². The fraction of sp³-hybridized carbons (Fsp3) is 0.500. The zero-order valence-corrected chi connectivity index (χ0v) is 12.1. The molecule has 0 spiro atoms. The van der Waals surface area contributed by atoms with Crippen LogP contribution in [-0.2, 0) is 19.1 Å². The first-order chi connectivity index (χ1) is 11.1. The van der Waals surface area contributed by atoms with E-state index in [-0.39, 0.29) is 0 Å². The number of esters is 2. The van der Waals surface area contributed by atoms with Gasteiger partial charge in [-0.25, -0.2) is 18.4 Å². The molecule has 0 bridgehead atoms. The Kier molecular flexibility index (Phi) is 9.95. The normalized spacial score (nSPS) is 11.9. The molecule has 0 saturated carbocycles. The number of hydrogen-bond acceptors (Lipinski definition) is 4. The van der Waals surface area contributed by atoms with Crippen LogP contribution >= 0.6 is 0 Å². The first-order valence-electron chi connectivity index (χ1n) is 5.79. The van der Waals surface area contributed by atoms with E-state index in [0.29, 0.717) is 12.2 Å². The number of hydrogen-bond donors (Lipinski definition) is 0. The maximum Gasteiger partial charge on any atom is 0.456 e. The summed E-state index contributed by atoms with van der Waals surface area (Å²) >= 11 is 0. The third-order valence-electron chi connectivity index (χ3n) is 1.87. The van der Waals surface area contributed by atoms with Gasteiger partial charge in [-0.15, -0.1) is 0 Å². The van der Waals surface area contributed by atoms with E-state index in [1.54, 1.807) is 0 Å². The zero-order valence-electron chi connectivity index (χ0n) is 12.1. The van der Waals surface area contributed by atoms with Crippen molar-refractivity contribution in [2.45, 2.75) is 24.4 Å². The summed E-state index contributed by atoms with van der Waals surface area (Å²) in [5.74, 6) is -11.8. The molecule has 0 rings (SSSR count). The van der Waals surface area contributed by atoms with Crippen molar-refractivity contribution >= 4 is 11.9 Å². The third kappa shape index (κ3) is 10.3. The van der Waals surface area contributed by atoms with Gasteiger partial charge in [0, 0.05) is 12.2 Å². The molecular formula is C12H11F9O4. The predicted molar refractivity (Wildman–Crippen MR) is 64.3 cm³/mol. The van der Waals surface area contributed by atoms with Crippen molar-refractivity contribution in [2.75, 3.05) is 13.2 Å². The zero-order chi connectivity index (χ0) is 20.5. The van der Waals surface area contributed by atoms with Gasteiger partial charge < -0.3 is 9.47 Å². The molecule has 0 aromatic rings. The number of carbonyl (C=O) groups excluding carboxylic acids is 2. The lowest BCUT2D eigenvalue weighted by Crippen LogP contribution is -2.41. The molecule has 0 aliphatic carbocycles. The van der Waals surface area contributed by atoms with Crippen molar-refractivity contribution in [3.8, 4) is 0 Å². The maximum atomic E-state index is 12.0. The first-order valence-corrected chi connectivity index (χ1v) is 5.79. The van der Waals surface area contributed by atoms with Gasteiger partial charge in [0.1, 0.15) is 0 Å². The van der Waals surface area contributed by atoms with Crippen molar-refractivity contribution in [3.05, 3.63) is 25.3 Å². The SMILES string of the molecule is C=CC(=O)OCC(F)(F)C(F)(F)F.C=CC(=O)OCC(F)(F)C(F)F. The summed E-state index contributed by atoms with van der Waals surface area (Å²) in [6, 6.07) is 0. The van der Waals surface area contributed by atoms with Crippen LogP contribution in [0.3, 0.4) is 0 Å². The third-order valence-corrected chi connectivity index (χ3v) is 1.87. The van der Waals surface area contributed by atoms with E-state index in [2.05, 4.69) is 22.6 Å². The molecule has 146 valence electrons. The second kappa shape index (κ2) is 9.93. The van der Waals surface area contributed by atoms with E-state index in [4.69, 9.17) is 0 Å². The molecular weight excluding hydrogens is 379 g/mol. The number of alkyl halides is 9. The molecule has 0 aromatic heterocycles. The highest BCUT2D eigenvalue weighted by Crippen LogP contribution is 2.35. The molecule has 0 unspecified atom stereocenters. The van der Waals surface area contributed by atoms with Gasteiger partial charge in [-0.2, -0.15) is 30.7 Å². The Morgan fingerprint density at radius 2 is 1.20 bits per heavy atom. The van der Waals surface area contributed by atoms with Gasteiger partial charge in [0.2, 0.25) is 0 Å². The average Bonchev–Trinajstić information content (AvgIpc) is 2.49. The molecule has 0 heterocycles. The van der Waals surface area contributed by atoms with Crippen LogP contribution in [0.25, 0.3) is 0 Å². The highest BCUT2D eigenvalue weighted by atomic mass is 19.4. The quantitative estimate of drug-likeness (QED) is 0.379. The fourth-order valence-corrected chi connectivity index (χ4v) is 0.592. The second-order valence-corrected chi connectivity index (χ2v) is 3.89. The summed E-state index contributed by atoms with van der Waals surface area (Å²) in [7, 11) is 0. The van der Waals surface area contributed by atoms with E-state index in [9.17, 15) is 49.1 Å². The summed E-state index contributed by atoms with van der Waals surface area (Å²) in [6.07, 6.45) is -8.45. The average molecular weight is 390 g/mol. The van der Waals surface area contributed by atoms with Crippen LogP contribution in [0.5, 0.6) is 0 Å². The molecule has 25 heavy (non-hydrogen) atoms. The van der Waals surface area contributed by atoms with E-state index in [1.165, 1.54) is 0 Å². The first kappa shape index (κ1) is 25.0. The molecule has 4 nitrogen and oxygen atoms in total. The molecule has 13 heteroatoms. The molecule has 0 saturated heterocycles. The van der Waals surface area contributed by atoms with Gasteiger partial charge >= 0.3 is 36.4 Å². The Balaban J connectivity index is 0. The lowest BCUT2D eigenvalue weighted by Gasteiger charge is -2.18. The molecule has 0 amide bonds. The minimum atomic E-state index is -5.71. The van der Waals surface area contributed by atoms with E-state index in [1.807, 2.05) is 0 Å². The van der Waals surface area contributed by atoms with E-state index < -0.39 is 49.6 Å². The van der Waals surface area contributed by atoms with Crippen LogP contribution in [0.4, 0.5) is 39.5 Å². The monoisotopic (exact) mass is 390 g/mol. The standard InChI is InChI=1S/C6H5F5O2.C6H6F4O2/c1-2-4(12)13-3-5(7,8)6(9,10)11;1-2-4(11)12-3-6(9,10)5(7)8/h2H,1,3H2;2,5H,1,3H2. The molecule has 0 atom stereocenters. The van der Waals surface area contributed by atoms with Gasteiger partial charge in [0.25, 0.3) is 0 Å². The fourth-order valence-electron chi connectivity index (χ4n) is 0.592. The summed E-state index contributed by atoms with van der Waals surface area (Å²) in [5, 5.41) is 0. The lowest BCUT2D eigenvalue weighted by molar-refractivity contribution is -0.293. The van der Waals surface area contributed by atoms with Gasteiger partial charge in [0.15, 0.2) is 13.2 Å². The van der Waals surface area contributed by atoms with Crippen molar-refractivity contribution < 1.29 is 58.6 Å². The van der Waals surface area contributed by atoms with Gasteiger partial charge in [0.05, 0.1) is 0 Å². The van der Waals surface area contributed by atoms with Crippen LogP contribution in [0.2, 0.25) is 0 Å². The highest BCUT2D eigenvalue weighted by Gasteiger charge is 2.58. The molecule has 0 fully saturated rings. The minimum Gasteiger partial charge on any atom is -0.456 e. The van der Waals surface area contributed by atoms with Crippen molar-refractivity contribution in [3.63, 3.8) is 0 Å². The number of halogens is 9. The Bertz CT molecular complexity index is 472. The Labute approximate surface area is 134 Å². The lowest BCUT2D eigenvalue weighted by atomic mass is 10.3. The number of carbonyl (C=O) groups is 2. The smallest absolute Gasteiger partial charge is 0.456 e. The number of rotatable bonds is 7. The Morgan fingerprint density at radius 1 is 0.840 bits per heavy atom. The van der Waals surface area contributed by atoms with Crippen LogP contribution in [0.1, 0.15) is 0 Å². The molecule has 0 N–H and O–H groups in total. The van der Waals surface area contributed by atoms with Crippen molar-refractivity contribution in [1.29, 1.82) is 0 Å². The summed E-state index contributed by atoms with van der Waals surface area (Å²) in [6.45, 7) is 2.07. The molecule has 0 aliphatic heterocycles. The van der Waals surface area contributed by atoms with Crippen molar-refractivity contribution in [2.24, 2.45) is 0 Å². The van der Waals surface area contributed by atoms with Gasteiger partial charge in [-0.05, 0) is 0 Å². The summed E-state index contributed by atoms with van der Waals surface area (Å²) < 4.78 is 112. The Morgan fingerprint density at radius 3 is 1.48 bits per heavy atom. The van der Waals surface area contributed by atoms with Gasteiger partial charge in [-0.3, -0.25) is 0 Å². The second-order valence-electron chi connectivity index (χ2n) is 3.89. The topological polar surface area (TPSA) is 52.6 Å². The molecule has 0 aromatic carbocycles. The largest absolute Gasteiger partial charge is 0.456 e. The number of ether oxygens (including phenoxy) is 2. The van der Waals surface area contributed by atoms with Crippen LogP contribution in [0.15, 0.2) is 25.3 Å². The van der Waals surface area contributed by atoms with Gasteiger partial charge in [-0.1, -0.05) is 13.2 Å². The van der Waals surface area contributed by atoms with Crippen LogP contribution in [-0.4, -0.2) is 49.6 Å². The highest BCUT2D eigenvalue weighted by molar-refractivity contribution is 5.81. The molecule has 0 radical (unpaired) electrons. The maximum absolute atomic E-state index is 12.0. The summed E-state index contributed by atoms with van der Waals surface area (Å²) in [5.41, 5.74) is 0. The predicted octanol–water partition coefficient (Wildman–Crippen LogP) is 3.53. The van der Waals surface area contributed by atoms with E-state index >= 15 is 0 Å². The van der Waals surface area contributed by atoms with E-state index in [0.717, 1.165) is 0 Å². The Hall–Kier alpha value is -2.21.